The summed E-state index contributed by atoms with van der Waals surface area (Å²) < 4.78 is 0. The first-order valence-corrected chi connectivity index (χ1v) is 5.57. The summed E-state index contributed by atoms with van der Waals surface area (Å²) in [6.45, 7) is 2.35. The quantitative estimate of drug-likeness (QED) is 0.555. The molecular formula is C8H17NO3S. The van der Waals surface area contributed by atoms with Gasteiger partial charge in [0.1, 0.15) is 0 Å². The average Bonchev–Trinajstić information content (AvgIpc) is 2.00. The summed E-state index contributed by atoms with van der Waals surface area (Å²) >= 11 is 1.71. The van der Waals surface area contributed by atoms with Gasteiger partial charge in [0, 0.05) is 18.3 Å². The molecule has 0 fully saturated rings. The van der Waals surface area contributed by atoms with Crippen LogP contribution in [0.1, 0.15) is 13.3 Å². The van der Waals surface area contributed by atoms with Crippen molar-refractivity contribution in [3.63, 3.8) is 0 Å². The monoisotopic (exact) mass is 207 g/mol. The highest BCUT2D eigenvalue weighted by Crippen LogP contribution is 1.97. The Bertz CT molecular complexity index is 154. The SMILES string of the molecule is CSCC(C)NCC(O)CC(=O)O. The number of aliphatic hydroxyl groups excluding tert-OH is 1. The van der Waals surface area contributed by atoms with Crippen molar-refractivity contribution in [2.75, 3.05) is 18.6 Å². The Balaban J connectivity index is 3.45. The van der Waals surface area contributed by atoms with E-state index < -0.39 is 12.1 Å². The predicted molar refractivity (Wildman–Crippen MR) is 54.1 cm³/mol. The summed E-state index contributed by atoms with van der Waals surface area (Å²) in [7, 11) is 0. The van der Waals surface area contributed by atoms with Crippen LogP contribution >= 0.6 is 11.8 Å². The van der Waals surface area contributed by atoms with Gasteiger partial charge >= 0.3 is 5.97 Å². The Morgan fingerprint density at radius 3 is 2.69 bits per heavy atom. The van der Waals surface area contributed by atoms with Gasteiger partial charge in [-0.25, -0.2) is 0 Å². The fourth-order valence-electron chi connectivity index (χ4n) is 0.920. The third-order valence-corrected chi connectivity index (χ3v) is 2.36. The maximum atomic E-state index is 10.2. The number of carbonyl (C=O) groups is 1. The summed E-state index contributed by atoms with van der Waals surface area (Å²) in [6.07, 6.45) is 1.02. The first kappa shape index (κ1) is 12.7. The van der Waals surface area contributed by atoms with E-state index in [1.807, 2.05) is 13.2 Å². The van der Waals surface area contributed by atoms with Crippen molar-refractivity contribution in [2.45, 2.75) is 25.5 Å². The lowest BCUT2D eigenvalue weighted by Gasteiger charge is -2.14. The first-order valence-electron chi connectivity index (χ1n) is 4.18. The van der Waals surface area contributed by atoms with E-state index in [-0.39, 0.29) is 6.42 Å². The number of nitrogens with one attached hydrogen (secondary N) is 1. The molecular weight excluding hydrogens is 190 g/mol. The molecule has 4 nitrogen and oxygen atoms in total. The minimum Gasteiger partial charge on any atom is -0.481 e. The molecule has 0 saturated heterocycles. The Hall–Kier alpha value is -0.260. The molecule has 13 heavy (non-hydrogen) atoms. The molecule has 2 atom stereocenters. The minimum absolute atomic E-state index is 0.195. The molecule has 0 spiro atoms. The summed E-state index contributed by atoms with van der Waals surface area (Å²) in [5.74, 6) is -0.00778. The van der Waals surface area contributed by atoms with Crippen LogP contribution in [0.25, 0.3) is 0 Å². The van der Waals surface area contributed by atoms with E-state index in [1.54, 1.807) is 11.8 Å². The zero-order chi connectivity index (χ0) is 10.3. The van der Waals surface area contributed by atoms with Gasteiger partial charge in [-0.05, 0) is 13.2 Å². The van der Waals surface area contributed by atoms with Gasteiger partial charge in [-0.3, -0.25) is 4.79 Å². The van der Waals surface area contributed by atoms with Gasteiger partial charge in [-0.1, -0.05) is 0 Å². The van der Waals surface area contributed by atoms with E-state index >= 15 is 0 Å². The second-order valence-electron chi connectivity index (χ2n) is 3.02. The van der Waals surface area contributed by atoms with Crippen molar-refractivity contribution in [1.29, 1.82) is 0 Å². The topological polar surface area (TPSA) is 69.6 Å². The van der Waals surface area contributed by atoms with Crippen LogP contribution < -0.4 is 5.32 Å². The van der Waals surface area contributed by atoms with Crippen molar-refractivity contribution in [2.24, 2.45) is 0 Å². The second-order valence-corrected chi connectivity index (χ2v) is 3.93. The fraction of sp³-hybridized carbons (Fsp3) is 0.875. The molecule has 0 amide bonds. The Labute approximate surface area is 82.7 Å². The van der Waals surface area contributed by atoms with Crippen molar-refractivity contribution >= 4 is 17.7 Å². The van der Waals surface area contributed by atoms with Crippen LogP contribution in [-0.4, -0.2) is 46.9 Å². The lowest BCUT2D eigenvalue weighted by Crippen LogP contribution is -2.36. The van der Waals surface area contributed by atoms with E-state index in [2.05, 4.69) is 5.32 Å². The number of carboxylic acids is 1. The zero-order valence-corrected chi connectivity index (χ0v) is 8.80. The standard InChI is InChI=1S/C8H17NO3S/c1-6(5-13-2)9-4-7(10)3-8(11)12/h6-7,9-10H,3-5H2,1-2H3,(H,11,12). The lowest BCUT2D eigenvalue weighted by molar-refractivity contribution is -0.139. The zero-order valence-electron chi connectivity index (χ0n) is 7.99. The third kappa shape index (κ3) is 8.08. The number of rotatable bonds is 7. The summed E-state index contributed by atoms with van der Waals surface area (Å²) in [5.41, 5.74) is 0. The first-order chi connectivity index (χ1) is 6.06. The van der Waals surface area contributed by atoms with Gasteiger partial charge in [0.2, 0.25) is 0 Å². The molecule has 0 aliphatic carbocycles. The summed E-state index contributed by atoms with van der Waals surface area (Å²) in [4.78, 5) is 10.2. The fourth-order valence-corrected chi connectivity index (χ4v) is 1.54. The van der Waals surface area contributed by atoms with Gasteiger partial charge in [-0.15, -0.1) is 0 Å². The van der Waals surface area contributed by atoms with Crippen LogP contribution in [0.2, 0.25) is 0 Å². The van der Waals surface area contributed by atoms with E-state index in [9.17, 15) is 9.90 Å². The predicted octanol–water partition coefficient (Wildman–Crippen LogP) is 0.163. The van der Waals surface area contributed by atoms with Crippen LogP contribution in [0.15, 0.2) is 0 Å². The number of thioether (sulfide) groups is 1. The Kier molecular flexibility index (Phi) is 7.03. The Morgan fingerprint density at radius 2 is 2.23 bits per heavy atom. The van der Waals surface area contributed by atoms with Crippen molar-refractivity contribution in [3.05, 3.63) is 0 Å². The number of hydrogen-bond donors (Lipinski definition) is 3. The third-order valence-electron chi connectivity index (χ3n) is 1.53. The van der Waals surface area contributed by atoms with Gasteiger partial charge in [0.25, 0.3) is 0 Å². The molecule has 0 aliphatic rings. The molecule has 2 unspecified atom stereocenters. The van der Waals surface area contributed by atoms with Crippen molar-refractivity contribution < 1.29 is 15.0 Å². The van der Waals surface area contributed by atoms with Gasteiger partial charge in [0.05, 0.1) is 12.5 Å². The van der Waals surface area contributed by atoms with Crippen molar-refractivity contribution in [3.8, 4) is 0 Å². The Morgan fingerprint density at radius 1 is 1.62 bits per heavy atom. The minimum atomic E-state index is -0.966. The van der Waals surface area contributed by atoms with E-state index in [0.29, 0.717) is 12.6 Å². The van der Waals surface area contributed by atoms with E-state index in [4.69, 9.17) is 5.11 Å². The summed E-state index contributed by atoms with van der Waals surface area (Å²) in [5, 5.41) is 20.6. The maximum Gasteiger partial charge on any atom is 0.306 e. The number of hydrogen-bond acceptors (Lipinski definition) is 4. The van der Waals surface area contributed by atoms with Crippen LogP contribution in [0.4, 0.5) is 0 Å². The van der Waals surface area contributed by atoms with Crippen LogP contribution in [0.3, 0.4) is 0 Å². The summed E-state index contributed by atoms with van der Waals surface area (Å²) in [6, 6.07) is 0.304. The number of aliphatic carboxylic acids is 1. The number of aliphatic hydroxyl groups is 1. The molecule has 0 saturated carbocycles. The van der Waals surface area contributed by atoms with Crippen LogP contribution in [-0.2, 0) is 4.79 Å². The van der Waals surface area contributed by atoms with Gasteiger partial charge in [-0.2, -0.15) is 11.8 Å². The molecule has 0 radical (unpaired) electrons. The van der Waals surface area contributed by atoms with Crippen LogP contribution in [0, 0.1) is 0 Å². The van der Waals surface area contributed by atoms with E-state index in [0.717, 1.165) is 5.75 Å². The lowest BCUT2D eigenvalue weighted by atomic mass is 10.2. The van der Waals surface area contributed by atoms with E-state index in [1.165, 1.54) is 0 Å². The molecule has 0 aromatic rings. The number of carboxylic acid groups (broad SMARTS) is 1. The highest BCUT2D eigenvalue weighted by molar-refractivity contribution is 7.98. The normalized spacial score (nSPS) is 15.3. The molecule has 0 bridgehead atoms. The average molecular weight is 207 g/mol. The van der Waals surface area contributed by atoms with Gasteiger partial charge < -0.3 is 15.5 Å². The molecule has 5 heteroatoms. The van der Waals surface area contributed by atoms with Gasteiger partial charge in [0.15, 0.2) is 0 Å². The highest BCUT2D eigenvalue weighted by atomic mass is 32.2. The highest BCUT2D eigenvalue weighted by Gasteiger charge is 2.10. The smallest absolute Gasteiger partial charge is 0.306 e. The molecule has 78 valence electrons. The molecule has 0 aromatic carbocycles. The maximum absolute atomic E-state index is 10.2. The van der Waals surface area contributed by atoms with Crippen LogP contribution in [0.5, 0.6) is 0 Å². The largest absolute Gasteiger partial charge is 0.481 e. The molecule has 0 aliphatic heterocycles. The molecule has 3 N–H and O–H groups in total. The van der Waals surface area contributed by atoms with Crippen molar-refractivity contribution in [1.82, 2.24) is 5.32 Å². The molecule has 0 aromatic heterocycles. The second kappa shape index (κ2) is 7.17. The molecule has 0 rings (SSSR count). The molecule has 0 heterocycles.